The lowest BCUT2D eigenvalue weighted by molar-refractivity contribution is 0.687. The molecule has 1 heterocycles. The highest BCUT2D eigenvalue weighted by molar-refractivity contribution is 7.84. The minimum absolute atomic E-state index is 0.507. The van der Waals surface area contributed by atoms with E-state index in [1.165, 1.54) is 6.33 Å². The van der Waals surface area contributed by atoms with E-state index in [2.05, 4.69) is 15.3 Å². The largest absolute Gasteiger partial charge is 0.383 e. The van der Waals surface area contributed by atoms with Gasteiger partial charge in [0.1, 0.15) is 18.0 Å². The van der Waals surface area contributed by atoms with E-state index >= 15 is 0 Å². The smallest absolute Gasteiger partial charge is 0.134 e. The van der Waals surface area contributed by atoms with Crippen molar-refractivity contribution in [1.82, 2.24) is 9.97 Å². The number of nitrogens with zero attached hydrogens (tertiary/aromatic N) is 2. The summed E-state index contributed by atoms with van der Waals surface area (Å²) in [5.74, 6) is 1.86. The van der Waals surface area contributed by atoms with Crippen molar-refractivity contribution in [3.63, 3.8) is 0 Å². The van der Waals surface area contributed by atoms with Crippen LogP contribution in [0, 0.1) is 0 Å². The molecule has 1 aromatic heterocycles. The molecule has 1 rings (SSSR count). The Morgan fingerprint density at radius 2 is 2.27 bits per heavy atom. The Morgan fingerprint density at radius 1 is 1.53 bits per heavy atom. The summed E-state index contributed by atoms with van der Waals surface area (Å²) in [5, 5.41) is 3.11. The van der Waals surface area contributed by atoms with E-state index in [9.17, 15) is 4.21 Å². The van der Waals surface area contributed by atoms with Crippen LogP contribution >= 0.6 is 0 Å². The summed E-state index contributed by atoms with van der Waals surface area (Å²) in [4.78, 5) is 8.03. The van der Waals surface area contributed by atoms with Crippen LogP contribution in [0.15, 0.2) is 6.33 Å². The minimum Gasteiger partial charge on any atom is -0.383 e. The monoisotopic (exact) mass is 228 g/mol. The molecule has 15 heavy (non-hydrogen) atoms. The average Bonchev–Trinajstić information content (AvgIpc) is 2.17. The third-order valence-corrected chi connectivity index (χ3v) is 2.79. The van der Waals surface area contributed by atoms with E-state index in [0.29, 0.717) is 18.1 Å². The van der Waals surface area contributed by atoms with E-state index in [1.807, 2.05) is 6.92 Å². The number of hydrogen-bond donors (Lipinski definition) is 2. The van der Waals surface area contributed by atoms with Gasteiger partial charge in [0.25, 0.3) is 0 Å². The first-order chi connectivity index (χ1) is 7.15. The second-order valence-electron chi connectivity index (χ2n) is 3.14. The summed E-state index contributed by atoms with van der Waals surface area (Å²) in [7, 11) is -0.790. The molecule has 3 N–H and O–H groups in total. The van der Waals surface area contributed by atoms with Crippen LogP contribution in [0.5, 0.6) is 0 Å². The Kier molecular flexibility index (Phi) is 4.48. The third-order valence-electron chi connectivity index (χ3n) is 2.01. The number of nitrogens with two attached hydrogens (primary N) is 1. The van der Waals surface area contributed by atoms with Crippen molar-refractivity contribution < 1.29 is 4.21 Å². The van der Waals surface area contributed by atoms with Crippen molar-refractivity contribution >= 4 is 22.4 Å². The lowest BCUT2D eigenvalue weighted by Crippen LogP contribution is -2.13. The molecule has 0 amide bonds. The number of nitrogen functional groups attached to an aromatic ring is 1. The molecule has 1 aromatic rings. The van der Waals surface area contributed by atoms with Crippen LogP contribution in [-0.2, 0) is 17.2 Å². The SMILES string of the molecule is CCc1c(N)ncnc1NCCS(C)=O. The van der Waals surface area contributed by atoms with Gasteiger partial charge in [0.15, 0.2) is 0 Å². The van der Waals surface area contributed by atoms with Crippen molar-refractivity contribution in [1.29, 1.82) is 0 Å². The molecule has 0 aliphatic rings. The molecule has 0 spiro atoms. The Hall–Kier alpha value is -1.17. The molecule has 0 aromatic carbocycles. The van der Waals surface area contributed by atoms with Gasteiger partial charge in [0.05, 0.1) is 0 Å². The molecule has 6 heteroatoms. The zero-order valence-electron chi connectivity index (χ0n) is 8.99. The molecule has 84 valence electrons. The Morgan fingerprint density at radius 3 is 2.87 bits per heavy atom. The highest BCUT2D eigenvalue weighted by atomic mass is 32.2. The van der Waals surface area contributed by atoms with Crippen molar-refractivity contribution in [3.8, 4) is 0 Å². The van der Waals surface area contributed by atoms with Gasteiger partial charge in [-0.2, -0.15) is 0 Å². The van der Waals surface area contributed by atoms with Crippen LogP contribution in [0.25, 0.3) is 0 Å². The van der Waals surface area contributed by atoms with E-state index < -0.39 is 10.8 Å². The number of aromatic nitrogens is 2. The highest BCUT2D eigenvalue weighted by Gasteiger charge is 2.06. The van der Waals surface area contributed by atoms with Gasteiger partial charge in [-0.3, -0.25) is 4.21 Å². The van der Waals surface area contributed by atoms with Gasteiger partial charge in [-0.15, -0.1) is 0 Å². The van der Waals surface area contributed by atoms with Crippen LogP contribution in [0.2, 0.25) is 0 Å². The molecule has 1 atom stereocenters. The van der Waals surface area contributed by atoms with Crippen molar-refractivity contribution in [3.05, 3.63) is 11.9 Å². The summed E-state index contributed by atoms with van der Waals surface area (Å²) < 4.78 is 10.9. The maximum atomic E-state index is 10.9. The predicted molar refractivity (Wildman–Crippen MR) is 63.2 cm³/mol. The number of rotatable bonds is 5. The molecule has 0 aliphatic carbocycles. The zero-order chi connectivity index (χ0) is 11.3. The van der Waals surface area contributed by atoms with Gasteiger partial charge in [-0.05, 0) is 6.42 Å². The molecule has 1 unspecified atom stereocenters. The maximum absolute atomic E-state index is 10.9. The number of nitrogens with one attached hydrogen (secondary N) is 1. The zero-order valence-corrected chi connectivity index (χ0v) is 9.80. The van der Waals surface area contributed by atoms with Gasteiger partial charge in [0, 0.05) is 34.9 Å². The lowest BCUT2D eigenvalue weighted by atomic mass is 10.2. The molecule has 0 radical (unpaired) electrons. The van der Waals surface area contributed by atoms with Gasteiger partial charge < -0.3 is 11.1 Å². The topological polar surface area (TPSA) is 80.9 Å². The molecule has 5 nitrogen and oxygen atoms in total. The average molecular weight is 228 g/mol. The Balaban J connectivity index is 2.67. The van der Waals surface area contributed by atoms with Gasteiger partial charge in [0.2, 0.25) is 0 Å². The third kappa shape index (κ3) is 3.47. The van der Waals surface area contributed by atoms with E-state index in [-0.39, 0.29) is 0 Å². The van der Waals surface area contributed by atoms with E-state index in [1.54, 1.807) is 6.26 Å². The summed E-state index contributed by atoms with van der Waals surface area (Å²) in [6.45, 7) is 2.63. The minimum atomic E-state index is -0.790. The van der Waals surface area contributed by atoms with Crippen LogP contribution in [0.4, 0.5) is 11.6 Å². The fourth-order valence-corrected chi connectivity index (χ4v) is 1.63. The summed E-state index contributed by atoms with van der Waals surface area (Å²) in [5.41, 5.74) is 6.63. The van der Waals surface area contributed by atoms with Crippen LogP contribution in [-0.4, -0.2) is 32.7 Å². The molecule has 0 bridgehead atoms. The summed E-state index contributed by atoms with van der Waals surface area (Å²) in [6, 6.07) is 0. The van der Waals surface area contributed by atoms with E-state index in [4.69, 9.17) is 5.73 Å². The van der Waals surface area contributed by atoms with E-state index in [0.717, 1.165) is 17.8 Å². The van der Waals surface area contributed by atoms with Crippen molar-refractivity contribution in [2.45, 2.75) is 13.3 Å². The molecule has 0 aliphatic heterocycles. The first-order valence-corrected chi connectivity index (χ1v) is 6.51. The molecular weight excluding hydrogens is 212 g/mol. The fourth-order valence-electron chi connectivity index (χ4n) is 1.24. The summed E-state index contributed by atoms with van der Waals surface area (Å²) in [6.07, 6.45) is 3.89. The molecular formula is C9H16N4OS. The first kappa shape index (κ1) is 11.9. The quantitative estimate of drug-likeness (QED) is 0.763. The van der Waals surface area contributed by atoms with Crippen molar-refractivity contribution in [2.75, 3.05) is 29.6 Å². The lowest BCUT2D eigenvalue weighted by Gasteiger charge is -2.09. The summed E-state index contributed by atoms with van der Waals surface area (Å²) >= 11 is 0. The predicted octanol–water partition coefficient (Wildman–Crippen LogP) is 0.412. The first-order valence-electron chi connectivity index (χ1n) is 4.78. The fraction of sp³-hybridized carbons (Fsp3) is 0.556. The normalized spacial score (nSPS) is 12.4. The maximum Gasteiger partial charge on any atom is 0.134 e. The highest BCUT2D eigenvalue weighted by Crippen LogP contribution is 2.16. The van der Waals surface area contributed by atoms with Crippen molar-refractivity contribution in [2.24, 2.45) is 0 Å². The second kappa shape index (κ2) is 5.65. The number of hydrogen-bond acceptors (Lipinski definition) is 5. The van der Waals surface area contributed by atoms with Crippen LogP contribution in [0.1, 0.15) is 12.5 Å². The molecule has 0 saturated carbocycles. The molecule has 0 saturated heterocycles. The van der Waals surface area contributed by atoms with Crippen LogP contribution in [0.3, 0.4) is 0 Å². The second-order valence-corrected chi connectivity index (χ2v) is 4.70. The van der Waals surface area contributed by atoms with Gasteiger partial charge in [-0.1, -0.05) is 6.92 Å². The van der Waals surface area contributed by atoms with Gasteiger partial charge >= 0.3 is 0 Å². The van der Waals surface area contributed by atoms with Gasteiger partial charge in [-0.25, -0.2) is 9.97 Å². The Labute approximate surface area is 92.0 Å². The molecule has 0 fully saturated rings. The van der Waals surface area contributed by atoms with Crippen LogP contribution < -0.4 is 11.1 Å². The number of anilines is 2. The standard InChI is InChI=1S/C9H16N4OS/c1-3-7-8(10)12-6-13-9(7)11-4-5-15(2)14/h6H,3-5H2,1-2H3,(H3,10,11,12,13). The Bertz CT molecular complexity index is 356.